The molecular weight excluding hydrogens is 245 g/mol. The van der Waals surface area contributed by atoms with Gasteiger partial charge in [-0.3, -0.25) is 0 Å². The fourth-order valence-corrected chi connectivity index (χ4v) is 2.46. The summed E-state index contributed by atoms with van der Waals surface area (Å²) in [7, 11) is -3.06. The first-order valence-electron chi connectivity index (χ1n) is 5.33. The van der Waals surface area contributed by atoms with Crippen LogP contribution in [0.2, 0.25) is 0 Å². The molecule has 0 aliphatic rings. The van der Waals surface area contributed by atoms with E-state index in [1.165, 1.54) is 12.1 Å². The highest BCUT2D eigenvalue weighted by atomic mass is 32.2. The third-order valence-corrected chi connectivity index (χ3v) is 3.97. The van der Waals surface area contributed by atoms with E-state index in [-0.39, 0.29) is 29.5 Å². The number of hydrogen-bond donors (Lipinski definition) is 1. The molecule has 0 aliphatic heterocycles. The minimum Gasteiger partial charge on any atom is -0.492 e. The van der Waals surface area contributed by atoms with E-state index in [1.807, 2.05) is 0 Å². The van der Waals surface area contributed by atoms with Crippen LogP contribution in [0.15, 0.2) is 18.2 Å². The predicted molar refractivity (Wildman–Crippen MR) is 65.3 cm³/mol. The summed E-state index contributed by atoms with van der Waals surface area (Å²) in [6, 6.07) is 4.03. The maximum atomic E-state index is 13.0. The van der Waals surface area contributed by atoms with Crippen molar-refractivity contribution in [3.63, 3.8) is 0 Å². The molecule has 0 fully saturated rings. The van der Waals surface area contributed by atoms with E-state index in [0.29, 0.717) is 6.42 Å². The van der Waals surface area contributed by atoms with Gasteiger partial charge in [-0.15, -0.1) is 0 Å². The lowest BCUT2D eigenvalue weighted by atomic mass is 10.3. The summed E-state index contributed by atoms with van der Waals surface area (Å²) in [4.78, 5) is 0. The van der Waals surface area contributed by atoms with Gasteiger partial charge in [-0.1, -0.05) is 6.92 Å². The molecule has 0 heterocycles. The maximum Gasteiger partial charge on any atom is 0.153 e. The van der Waals surface area contributed by atoms with E-state index >= 15 is 0 Å². The van der Waals surface area contributed by atoms with Gasteiger partial charge in [0.1, 0.15) is 18.2 Å². The zero-order valence-electron chi connectivity index (χ0n) is 9.65. The van der Waals surface area contributed by atoms with Gasteiger partial charge in [-0.05, 0) is 18.6 Å². The molecule has 0 aromatic heterocycles. The highest BCUT2D eigenvalue weighted by Gasteiger charge is 2.09. The average Bonchev–Trinajstić information content (AvgIpc) is 2.23. The van der Waals surface area contributed by atoms with Crippen LogP contribution in [-0.4, -0.2) is 26.5 Å². The van der Waals surface area contributed by atoms with Crippen LogP contribution in [0.25, 0.3) is 0 Å². The molecule has 1 aromatic rings. The molecule has 0 bridgehead atoms. The molecular formula is C11H16FNO3S. The number of sulfone groups is 1. The number of nitrogen functional groups attached to an aromatic ring is 1. The van der Waals surface area contributed by atoms with E-state index in [9.17, 15) is 12.8 Å². The molecule has 1 aromatic carbocycles. The first-order chi connectivity index (χ1) is 7.94. The lowest BCUT2D eigenvalue weighted by Crippen LogP contribution is -2.16. The number of benzene rings is 1. The van der Waals surface area contributed by atoms with Crippen LogP contribution in [0, 0.1) is 5.82 Å². The summed E-state index contributed by atoms with van der Waals surface area (Å²) in [5, 5.41) is 0. The fraction of sp³-hybridized carbons (Fsp3) is 0.455. The number of nitrogens with two attached hydrogens (primary N) is 1. The fourth-order valence-electron chi connectivity index (χ4n) is 1.30. The molecule has 4 nitrogen and oxygen atoms in total. The van der Waals surface area contributed by atoms with Crippen molar-refractivity contribution >= 4 is 15.5 Å². The van der Waals surface area contributed by atoms with Gasteiger partial charge in [-0.2, -0.15) is 0 Å². The summed E-state index contributed by atoms with van der Waals surface area (Å²) in [6.07, 6.45) is 0.582. The number of anilines is 1. The van der Waals surface area contributed by atoms with Gasteiger partial charge in [0.15, 0.2) is 9.84 Å². The Morgan fingerprint density at radius 3 is 2.65 bits per heavy atom. The summed E-state index contributed by atoms with van der Waals surface area (Å²) in [6.45, 7) is 1.82. The Kier molecular flexibility index (Phi) is 4.74. The SMILES string of the molecule is CCCS(=O)(=O)CCOc1ccc(N)c(F)c1. The summed E-state index contributed by atoms with van der Waals surface area (Å²) in [5.74, 6) is -0.207. The van der Waals surface area contributed by atoms with Crippen molar-refractivity contribution in [1.82, 2.24) is 0 Å². The molecule has 0 saturated carbocycles. The Morgan fingerprint density at radius 1 is 1.35 bits per heavy atom. The molecule has 0 saturated heterocycles. The van der Waals surface area contributed by atoms with Crippen molar-refractivity contribution in [2.75, 3.05) is 23.8 Å². The summed E-state index contributed by atoms with van der Waals surface area (Å²) < 4.78 is 40.9. The van der Waals surface area contributed by atoms with Crippen molar-refractivity contribution in [1.29, 1.82) is 0 Å². The van der Waals surface area contributed by atoms with Gasteiger partial charge in [-0.25, -0.2) is 12.8 Å². The van der Waals surface area contributed by atoms with Crippen molar-refractivity contribution in [3.05, 3.63) is 24.0 Å². The molecule has 6 heteroatoms. The quantitative estimate of drug-likeness (QED) is 0.790. The van der Waals surface area contributed by atoms with Crippen molar-refractivity contribution < 1.29 is 17.5 Å². The maximum absolute atomic E-state index is 13.0. The van der Waals surface area contributed by atoms with E-state index < -0.39 is 15.7 Å². The van der Waals surface area contributed by atoms with Gasteiger partial charge >= 0.3 is 0 Å². The van der Waals surface area contributed by atoms with Crippen LogP contribution >= 0.6 is 0 Å². The second-order valence-electron chi connectivity index (χ2n) is 3.68. The monoisotopic (exact) mass is 261 g/mol. The van der Waals surface area contributed by atoms with E-state index in [1.54, 1.807) is 6.92 Å². The van der Waals surface area contributed by atoms with Gasteiger partial charge in [0.05, 0.1) is 17.2 Å². The highest BCUT2D eigenvalue weighted by Crippen LogP contribution is 2.17. The number of hydrogen-bond acceptors (Lipinski definition) is 4. The van der Waals surface area contributed by atoms with Crippen LogP contribution in [-0.2, 0) is 9.84 Å². The van der Waals surface area contributed by atoms with Crippen LogP contribution in [0.4, 0.5) is 10.1 Å². The first-order valence-corrected chi connectivity index (χ1v) is 7.15. The van der Waals surface area contributed by atoms with Gasteiger partial charge in [0, 0.05) is 6.07 Å². The van der Waals surface area contributed by atoms with Gasteiger partial charge in [0.2, 0.25) is 0 Å². The van der Waals surface area contributed by atoms with E-state index in [4.69, 9.17) is 10.5 Å². The van der Waals surface area contributed by atoms with E-state index in [0.717, 1.165) is 6.07 Å². The van der Waals surface area contributed by atoms with Crippen LogP contribution < -0.4 is 10.5 Å². The zero-order valence-corrected chi connectivity index (χ0v) is 10.5. The van der Waals surface area contributed by atoms with Crippen molar-refractivity contribution in [2.45, 2.75) is 13.3 Å². The molecule has 0 amide bonds. The Morgan fingerprint density at radius 2 is 2.06 bits per heavy atom. The molecule has 0 unspecified atom stereocenters. The Hall–Kier alpha value is -1.30. The molecule has 0 radical (unpaired) electrons. The highest BCUT2D eigenvalue weighted by molar-refractivity contribution is 7.91. The topological polar surface area (TPSA) is 69.4 Å². The largest absolute Gasteiger partial charge is 0.492 e. The second kappa shape index (κ2) is 5.86. The van der Waals surface area contributed by atoms with Gasteiger partial charge in [0.25, 0.3) is 0 Å². The van der Waals surface area contributed by atoms with Gasteiger partial charge < -0.3 is 10.5 Å². The first kappa shape index (κ1) is 13.8. The minimum atomic E-state index is -3.06. The third-order valence-electron chi connectivity index (χ3n) is 2.15. The lowest BCUT2D eigenvalue weighted by Gasteiger charge is -2.07. The Balaban J connectivity index is 2.49. The molecule has 1 rings (SSSR count). The van der Waals surface area contributed by atoms with Crippen LogP contribution in [0.5, 0.6) is 5.75 Å². The number of halogens is 1. The second-order valence-corrected chi connectivity index (χ2v) is 5.99. The molecule has 96 valence electrons. The molecule has 2 N–H and O–H groups in total. The van der Waals surface area contributed by atoms with Crippen molar-refractivity contribution in [2.24, 2.45) is 0 Å². The smallest absolute Gasteiger partial charge is 0.153 e. The molecule has 17 heavy (non-hydrogen) atoms. The lowest BCUT2D eigenvalue weighted by molar-refractivity contribution is 0.339. The minimum absolute atomic E-state index is 0.0195. The number of rotatable bonds is 6. The van der Waals surface area contributed by atoms with Crippen LogP contribution in [0.3, 0.4) is 0 Å². The zero-order chi connectivity index (χ0) is 12.9. The Bertz CT molecular complexity index is 474. The molecule has 0 atom stereocenters. The molecule has 0 aliphatic carbocycles. The van der Waals surface area contributed by atoms with Crippen LogP contribution in [0.1, 0.15) is 13.3 Å². The van der Waals surface area contributed by atoms with Crippen molar-refractivity contribution in [3.8, 4) is 5.75 Å². The standard InChI is InChI=1S/C11H16FNO3S/c1-2-6-17(14,15)7-5-16-9-3-4-11(13)10(12)8-9/h3-4,8H,2,5-7,13H2,1H3. The Labute approximate surface area is 101 Å². The summed E-state index contributed by atoms with van der Waals surface area (Å²) >= 11 is 0. The third kappa shape index (κ3) is 4.60. The molecule has 0 spiro atoms. The van der Waals surface area contributed by atoms with E-state index in [2.05, 4.69) is 0 Å². The summed E-state index contributed by atoms with van der Waals surface area (Å²) in [5.41, 5.74) is 5.34. The number of ether oxygens (including phenoxy) is 1. The average molecular weight is 261 g/mol. The normalized spacial score (nSPS) is 11.4. The predicted octanol–water partition coefficient (Wildman–Crippen LogP) is 1.61.